The van der Waals surface area contributed by atoms with Gasteiger partial charge in [-0.3, -0.25) is 19.7 Å². The number of piperazine rings is 2. The van der Waals surface area contributed by atoms with E-state index in [9.17, 15) is 0 Å². The number of guanidine groups is 1. The van der Waals surface area contributed by atoms with Crippen LogP contribution in [0.4, 0.5) is 0 Å². The van der Waals surface area contributed by atoms with E-state index in [2.05, 4.69) is 65.4 Å². The topological polar surface area (TPSA) is 63.4 Å². The van der Waals surface area contributed by atoms with E-state index in [0.717, 1.165) is 90.2 Å². The van der Waals surface area contributed by atoms with Crippen molar-refractivity contribution in [3.8, 4) is 0 Å². The Balaban J connectivity index is 1.12. The zero-order chi connectivity index (χ0) is 21.3. The van der Waals surface area contributed by atoms with Gasteiger partial charge in [-0.25, -0.2) is 0 Å². The molecule has 0 saturated carbocycles. The van der Waals surface area contributed by atoms with E-state index in [1.807, 2.05) is 13.1 Å². The minimum absolute atomic E-state index is 0.854. The second-order valence-corrected chi connectivity index (χ2v) is 8.33. The lowest BCUT2D eigenvalue weighted by molar-refractivity contribution is 0.128. The third-order valence-electron chi connectivity index (χ3n) is 6.19. The van der Waals surface area contributed by atoms with Gasteiger partial charge in [0.05, 0.1) is 5.69 Å². The van der Waals surface area contributed by atoms with Gasteiger partial charge in [0, 0.05) is 91.7 Å². The summed E-state index contributed by atoms with van der Waals surface area (Å²) in [5.41, 5.74) is 2.40. The van der Waals surface area contributed by atoms with E-state index in [-0.39, 0.29) is 0 Å². The molecule has 0 spiro atoms. The average Bonchev–Trinajstić information content (AvgIpc) is 3.32. The van der Waals surface area contributed by atoms with Crippen LogP contribution in [-0.2, 0) is 13.1 Å². The number of nitrogens with one attached hydrogen (secondary N) is 1. The van der Waals surface area contributed by atoms with Crippen molar-refractivity contribution in [1.29, 1.82) is 0 Å². The van der Waals surface area contributed by atoms with E-state index in [1.54, 1.807) is 6.26 Å². The number of benzene rings is 1. The molecule has 0 radical (unpaired) electrons. The van der Waals surface area contributed by atoms with Crippen LogP contribution in [0.1, 0.15) is 11.3 Å². The molecule has 0 atom stereocenters. The maximum Gasteiger partial charge on any atom is 0.193 e. The Hall–Kier alpha value is -2.42. The smallest absolute Gasteiger partial charge is 0.193 e. The molecule has 1 aromatic heterocycles. The third kappa shape index (κ3) is 6.53. The summed E-state index contributed by atoms with van der Waals surface area (Å²) in [5, 5.41) is 7.59. The van der Waals surface area contributed by atoms with Crippen molar-refractivity contribution in [1.82, 2.24) is 30.1 Å². The highest BCUT2D eigenvalue weighted by molar-refractivity contribution is 5.80. The molecular formula is C23H35N7O. The number of nitrogens with zero attached hydrogens (tertiary/aromatic N) is 6. The minimum atomic E-state index is 0.854. The summed E-state index contributed by atoms with van der Waals surface area (Å²) in [5.74, 6) is 1.02. The first-order chi connectivity index (χ1) is 15.3. The van der Waals surface area contributed by atoms with Crippen molar-refractivity contribution in [3.63, 3.8) is 0 Å². The van der Waals surface area contributed by atoms with Gasteiger partial charge in [0.1, 0.15) is 6.26 Å². The number of hydrogen-bond donors (Lipinski definition) is 1. The molecule has 2 saturated heterocycles. The number of hydrogen-bond acceptors (Lipinski definition) is 6. The Morgan fingerprint density at radius 2 is 1.58 bits per heavy atom. The van der Waals surface area contributed by atoms with Crippen molar-refractivity contribution >= 4 is 5.96 Å². The third-order valence-corrected chi connectivity index (χ3v) is 6.19. The normalized spacial score (nSPS) is 19.6. The SMILES string of the molecule is CN=C(NCCN1CCN(Cc2ccccc2)CC1)N1CCN(Cc2ccon2)CC1. The van der Waals surface area contributed by atoms with Gasteiger partial charge < -0.3 is 14.7 Å². The lowest BCUT2D eigenvalue weighted by Crippen LogP contribution is -2.53. The fraction of sp³-hybridized carbons (Fsp3) is 0.565. The molecule has 168 valence electrons. The van der Waals surface area contributed by atoms with Crippen LogP contribution in [0.2, 0.25) is 0 Å². The van der Waals surface area contributed by atoms with Gasteiger partial charge in [0.2, 0.25) is 0 Å². The van der Waals surface area contributed by atoms with Crippen molar-refractivity contribution in [2.45, 2.75) is 13.1 Å². The molecule has 8 heteroatoms. The number of aromatic nitrogens is 1. The standard InChI is InChI=1S/C23H35N7O/c1-24-23(30-16-14-29(15-17-30)20-22-7-18-31-26-22)25-8-9-27-10-12-28(13-11-27)19-21-5-3-2-4-6-21/h2-7,18H,8-17,19-20H2,1H3,(H,24,25). The zero-order valence-corrected chi connectivity index (χ0v) is 18.6. The summed E-state index contributed by atoms with van der Waals surface area (Å²) in [6.45, 7) is 12.4. The zero-order valence-electron chi connectivity index (χ0n) is 18.6. The predicted molar refractivity (Wildman–Crippen MR) is 123 cm³/mol. The minimum Gasteiger partial charge on any atom is -0.364 e. The molecule has 1 N–H and O–H groups in total. The maximum atomic E-state index is 4.94. The molecule has 8 nitrogen and oxygen atoms in total. The van der Waals surface area contributed by atoms with Crippen molar-refractivity contribution < 1.29 is 4.52 Å². The van der Waals surface area contributed by atoms with Crippen molar-refractivity contribution in [2.24, 2.45) is 4.99 Å². The fourth-order valence-electron chi connectivity index (χ4n) is 4.34. The van der Waals surface area contributed by atoms with Gasteiger partial charge in [-0.15, -0.1) is 0 Å². The Morgan fingerprint density at radius 1 is 0.903 bits per heavy atom. The molecule has 31 heavy (non-hydrogen) atoms. The molecule has 1 aromatic carbocycles. The molecule has 0 amide bonds. The Kier molecular flexibility index (Phi) is 7.93. The van der Waals surface area contributed by atoms with E-state index in [1.165, 1.54) is 5.56 Å². The molecule has 2 aliphatic heterocycles. The Morgan fingerprint density at radius 3 is 2.26 bits per heavy atom. The van der Waals surface area contributed by atoms with Crippen LogP contribution in [0.25, 0.3) is 0 Å². The molecule has 2 fully saturated rings. The largest absolute Gasteiger partial charge is 0.364 e. The van der Waals surface area contributed by atoms with Crippen LogP contribution in [0.5, 0.6) is 0 Å². The van der Waals surface area contributed by atoms with Crippen LogP contribution in [0, 0.1) is 0 Å². The molecule has 0 aliphatic carbocycles. The molecule has 2 aromatic rings. The molecule has 0 bridgehead atoms. The quantitative estimate of drug-likeness (QED) is 0.528. The van der Waals surface area contributed by atoms with E-state index in [4.69, 9.17) is 4.52 Å². The van der Waals surface area contributed by atoms with Gasteiger partial charge in [0.15, 0.2) is 5.96 Å². The van der Waals surface area contributed by atoms with E-state index >= 15 is 0 Å². The number of rotatable bonds is 7. The Bertz CT molecular complexity index is 780. The second-order valence-electron chi connectivity index (χ2n) is 8.33. The summed E-state index contributed by atoms with van der Waals surface area (Å²) in [7, 11) is 1.88. The van der Waals surface area contributed by atoms with Crippen LogP contribution >= 0.6 is 0 Å². The van der Waals surface area contributed by atoms with Crippen LogP contribution < -0.4 is 5.32 Å². The van der Waals surface area contributed by atoms with Crippen LogP contribution in [0.3, 0.4) is 0 Å². The first-order valence-electron chi connectivity index (χ1n) is 11.4. The monoisotopic (exact) mass is 425 g/mol. The highest BCUT2D eigenvalue weighted by atomic mass is 16.5. The summed E-state index contributed by atoms with van der Waals surface area (Å²) in [4.78, 5) is 14.4. The molecular weight excluding hydrogens is 390 g/mol. The number of aliphatic imine (C=N–C) groups is 1. The van der Waals surface area contributed by atoms with E-state index < -0.39 is 0 Å². The first-order valence-corrected chi connectivity index (χ1v) is 11.4. The maximum absolute atomic E-state index is 4.94. The fourth-order valence-corrected chi connectivity index (χ4v) is 4.34. The molecule has 4 rings (SSSR count). The van der Waals surface area contributed by atoms with Crippen LogP contribution in [-0.4, -0.2) is 103 Å². The van der Waals surface area contributed by atoms with Crippen LogP contribution in [0.15, 0.2) is 52.2 Å². The van der Waals surface area contributed by atoms with Crippen molar-refractivity contribution in [3.05, 3.63) is 53.9 Å². The lowest BCUT2D eigenvalue weighted by Gasteiger charge is -2.37. The average molecular weight is 426 g/mol. The molecule has 2 aliphatic rings. The van der Waals surface area contributed by atoms with Gasteiger partial charge in [-0.05, 0) is 5.56 Å². The first kappa shape index (κ1) is 21.8. The summed E-state index contributed by atoms with van der Waals surface area (Å²) < 4.78 is 4.94. The lowest BCUT2D eigenvalue weighted by atomic mass is 10.2. The van der Waals surface area contributed by atoms with E-state index in [0.29, 0.717) is 0 Å². The van der Waals surface area contributed by atoms with Gasteiger partial charge in [-0.1, -0.05) is 35.5 Å². The summed E-state index contributed by atoms with van der Waals surface area (Å²) in [6, 6.07) is 12.7. The molecule has 3 heterocycles. The van der Waals surface area contributed by atoms with Gasteiger partial charge >= 0.3 is 0 Å². The summed E-state index contributed by atoms with van der Waals surface area (Å²) in [6.07, 6.45) is 1.64. The highest BCUT2D eigenvalue weighted by Gasteiger charge is 2.21. The highest BCUT2D eigenvalue weighted by Crippen LogP contribution is 2.09. The van der Waals surface area contributed by atoms with Crippen molar-refractivity contribution in [2.75, 3.05) is 72.5 Å². The molecule has 0 unspecified atom stereocenters. The second kappa shape index (κ2) is 11.3. The predicted octanol–water partition coefficient (Wildman–Crippen LogP) is 1.19. The van der Waals surface area contributed by atoms with Gasteiger partial charge in [-0.2, -0.15) is 0 Å². The Labute approximate surface area is 185 Å². The van der Waals surface area contributed by atoms with Gasteiger partial charge in [0.25, 0.3) is 0 Å². The summed E-state index contributed by atoms with van der Waals surface area (Å²) >= 11 is 0.